The van der Waals surface area contributed by atoms with Crippen LogP contribution in [-0.4, -0.2) is 9.30 Å². The van der Waals surface area contributed by atoms with Crippen molar-refractivity contribution in [3.63, 3.8) is 0 Å². The van der Waals surface area contributed by atoms with E-state index in [9.17, 15) is 4.55 Å². The summed E-state index contributed by atoms with van der Waals surface area (Å²) in [6.45, 7) is 7.54. The minimum absolute atomic E-state index is 0.631. The molecule has 0 radical (unpaired) electrons. The molecule has 1 atom stereocenters. The van der Waals surface area contributed by atoms with Crippen LogP contribution in [0.1, 0.15) is 19.4 Å². The summed E-state index contributed by atoms with van der Waals surface area (Å²) >= 11 is 4.33. The van der Waals surface area contributed by atoms with Gasteiger partial charge in [-0.3, -0.25) is 0 Å². The fourth-order valence-corrected chi connectivity index (χ4v) is 1.61. The molecule has 0 spiro atoms. The molecule has 0 bridgehead atoms. The second kappa shape index (κ2) is 4.58. The van der Waals surface area contributed by atoms with Crippen molar-refractivity contribution < 1.29 is 4.55 Å². The van der Waals surface area contributed by atoms with E-state index >= 15 is 0 Å². The van der Waals surface area contributed by atoms with Gasteiger partial charge in [-0.2, -0.15) is 5.14 Å². The summed E-state index contributed by atoms with van der Waals surface area (Å²) < 4.78 is 10.7. The van der Waals surface area contributed by atoms with Gasteiger partial charge < -0.3 is 4.55 Å². The summed E-state index contributed by atoms with van der Waals surface area (Å²) in [5.41, 5.74) is 1.66. The largest absolute Gasteiger partial charge is 0.598 e. The molecule has 0 fully saturated rings. The van der Waals surface area contributed by atoms with E-state index in [0.29, 0.717) is 5.02 Å². The minimum Gasteiger partial charge on any atom is -0.598 e. The Kier molecular flexibility index (Phi) is 3.84. The molecular formula is C11H14ClNOS. The molecule has 1 rings (SSSR count). The van der Waals surface area contributed by atoms with E-state index in [0.717, 1.165) is 11.1 Å². The van der Waals surface area contributed by atoms with Gasteiger partial charge in [0, 0.05) is 22.0 Å². The highest BCUT2D eigenvalue weighted by atomic mass is 35.5. The molecule has 0 aromatic heterocycles. The van der Waals surface area contributed by atoms with Crippen molar-refractivity contribution >= 4 is 28.5 Å². The molecule has 0 aliphatic carbocycles. The highest BCUT2D eigenvalue weighted by Crippen LogP contribution is 2.31. The van der Waals surface area contributed by atoms with Crippen molar-refractivity contribution in [3.8, 4) is 0 Å². The molecule has 0 amide bonds. The third kappa shape index (κ3) is 2.75. The fraction of sp³-hybridized carbons (Fsp3) is 0.273. The first-order valence-electron chi connectivity index (χ1n) is 4.47. The maximum Gasteiger partial charge on any atom is 0.164 e. The van der Waals surface area contributed by atoms with Crippen molar-refractivity contribution in [1.29, 1.82) is 0 Å². The standard InChI is InChI=1S/C11H14ClNOS/c1-8(11(2,3)15(13)14)9-4-6-10(12)7-5-9/h4-7H,1,13H2,2-3H3. The summed E-state index contributed by atoms with van der Waals surface area (Å²) in [6, 6.07) is 7.24. The Morgan fingerprint density at radius 2 is 1.87 bits per heavy atom. The van der Waals surface area contributed by atoms with Gasteiger partial charge >= 0.3 is 0 Å². The first-order valence-corrected chi connectivity index (χ1v) is 6.06. The number of benzene rings is 1. The van der Waals surface area contributed by atoms with Crippen LogP contribution in [0, 0.1) is 0 Å². The zero-order valence-corrected chi connectivity index (χ0v) is 10.4. The van der Waals surface area contributed by atoms with Crippen LogP contribution in [0.15, 0.2) is 30.8 Å². The molecule has 1 unspecified atom stereocenters. The van der Waals surface area contributed by atoms with Gasteiger partial charge in [0.15, 0.2) is 4.75 Å². The van der Waals surface area contributed by atoms with Crippen molar-refractivity contribution in [2.24, 2.45) is 5.14 Å². The zero-order chi connectivity index (χ0) is 11.6. The third-order valence-corrected chi connectivity index (χ3v) is 3.93. The monoisotopic (exact) mass is 243 g/mol. The van der Waals surface area contributed by atoms with Gasteiger partial charge in [-0.25, -0.2) is 0 Å². The molecule has 15 heavy (non-hydrogen) atoms. The number of hydrogen-bond donors (Lipinski definition) is 1. The summed E-state index contributed by atoms with van der Waals surface area (Å²) in [7, 11) is 0. The molecule has 2 nitrogen and oxygen atoms in total. The van der Waals surface area contributed by atoms with Crippen LogP contribution >= 0.6 is 11.6 Å². The molecule has 82 valence electrons. The van der Waals surface area contributed by atoms with Crippen LogP contribution in [0.3, 0.4) is 0 Å². The molecule has 1 aromatic carbocycles. The van der Waals surface area contributed by atoms with E-state index in [-0.39, 0.29) is 0 Å². The van der Waals surface area contributed by atoms with E-state index in [1.54, 1.807) is 26.0 Å². The van der Waals surface area contributed by atoms with Crippen LogP contribution in [-0.2, 0) is 11.4 Å². The van der Waals surface area contributed by atoms with Gasteiger partial charge in [0.2, 0.25) is 0 Å². The predicted molar refractivity (Wildman–Crippen MR) is 66.9 cm³/mol. The van der Waals surface area contributed by atoms with E-state index < -0.39 is 16.1 Å². The topological polar surface area (TPSA) is 49.1 Å². The molecule has 2 N–H and O–H groups in total. The normalized spacial score (nSPS) is 13.7. The van der Waals surface area contributed by atoms with E-state index in [1.165, 1.54) is 0 Å². The third-order valence-electron chi connectivity index (χ3n) is 2.42. The van der Waals surface area contributed by atoms with Crippen LogP contribution < -0.4 is 5.14 Å². The number of hydrogen-bond acceptors (Lipinski definition) is 2. The minimum atomic E-state index is -1.44. The summed E-state index contributed by atoms with van der Waals surface area (Å²) in [4.78, 5) is 0. The SMILES string of the molecule is C=C(c1ccc(Cl)cc1)C(C)(C)[S+](N)[O-]. The fourth-order valence-electron chi connectivity index (χ4n) is 1.12. The maximum atomic E-state index is 11.3. The lowest BCUT2D eigenvalue weighted by Gasteiger charge is -2.26. The van der Waals surface area contributed by atoms with Crippen molar-refractivity contribution in [2.75, 3.05) is 0 Å². The van der Waals surface area contributed by atoms with Gasteiger partial charge in [0.25, 0.3) is 0 Å². The number of nitrogens with two attached hydrogens (primary N) is 1. The van der Waals surface area contributed by atoms with Crippen LogP contribution in [0.4, 0.5) is 0 Å². The maximum absolute atomic E-state index is 11.3. The highest BCUT2D eigenvalue weighted by Gasteiger charge is 2.33. The smallest absolute Gasteiger partial charge is 0.164 e. The number of rotatable bonds is 3. The summed E-state index contributed by atoms with van der Waals surface area (Å²) in [5, 5.41) is 6.09. The van der Waals surface area contributed by atoms with Crippen molar-refractivity contribution in [2.45, 2.75) is 18.6 Å². The van der Waals surface area contributed by atoms with E-state index in [2.05, 4.69) is 6.58 Å². The Labute approximate surface area is 98.4 Å². The van der Waals surface area contributed by atoms with Crippen LogP contribution in [0.2, 0.25) is 5.02 Å². The quantitative estimate of drug-likeness (QED) is 0.830. The van der Waals surface area contributed by atoms with Crippen molar-refractivity contribution in [3.05, 3.63) is 41.4 Å². The second-order valence-corrected chi connectivity index (χ2v) is 5.85. The zero-order valence-electron chi connectivity index (χ0n) is 8.79. The molecule has 0 saturated heterocycles. The average Bonchev–Trinajstić information content (AvgIpc) is 2.17. The van der Waals surface area contributed by atoms with Gasteiger partial charge in [-0.15, -0.1) is 0 Å². The predicted octanol–water partition coefficient (Wildman–Crippen LogP) is 2.75. The average molecular weight is 244 g/mol. The molecule has 0 aliphatic heterocycles. The lowest BCUT2D eigenvalue weighted by molar-refractivity contribution is 0.576. The van der Waals surface area contributed by atoms with Gasteiger partial charge in [-0.1, -0.05) is 30.3 Å². The lowest BCUT2D eigenvalue weighted by Crippen LogP contribution is -2.38. The Balaban J connectivity index is 3.00. The molecule has 0 aliphatic rings. The highest BCUT2D eigenvalue weighted by molar-refractivity contribution is 7.91. The number of halogens is 1. The van der Waals surface area contributed by atoms with Crippen molar-refractivity contribution in [1.82, 2.24) is 0 Å². The molecule has 0 saturated carbocycles. The second-order valence-electron chi connectivity index (χ2n) is 3.79. The van der Waals surface area contributed by atoms with Gasteiger partial charge in [-0.05, 0) is 31.5 Å². The van der Waals surface area contributed by atoms with E-state index in [4.69, 9.17) is 16.7 Å². The van der Waals surface area contributed by atoms with Crippen LogP contribution in [0.5, 0.6) is 0 Å². The Hall–Kier alpha value is -0.480. The lowest BCUT2D eigenvalue weighted by atomic mass is 9.96. The van der Waals surface area contributed by atoms with Crippen LogP contribution in [0.25, 0.3) is 5.57 Å². The molecule has 1 aromatic rings. The Morgan fingerprint density at radius 1 is 1.40 bits per heavy atom. The summed E-state index contributed by atoms with van der Waals surface area (Å²) in [5.74, 6) is 0. The Bertz CT molecular complexity index is 359. The van der Waals surface area contributed by atoms with Gasteiger partial charge in [0.1, 0.15) is 0 Å². The van der Waals surface area contributed by atoms with Gasteiger partial charge in [0.05, 0.1) is 0 Å². The van der Waals surface area contributed by atoms with E-state index in [1.807, 2.05) is 12.1 Å². The first kappa shape index (κ1) is 12.6. The first-order chi connectivity index (χ1) is 6.85. The summed E-state index contributed by atoms with van der Waals surface area (Å²) in [6.07, 6.45) is 0. The molecule has 4 heteroatoms. The Morgan fingerprint density at radius 3 is 2.27 bits per heavy atom. The molecule has 0 heterocycles. The molecular weight excluding hydrogens is 230 g/mol.